The van der Waals surface area contributed by atoms with Gasteiger partial charge in [-0.1, -0.05) is 42.5 Å². The lowest BCUT2D eigenvalue weighted by Gasteiger charge is -2.30. The molecule has 0 saturated heterocycles. The molecule has 142 valence electrons. The van der Waals surface area contributed by atoms with Crippen LogP contribution in [0.25, 0.3) is 0 Å². The highest BCUT2D eigenvalue weighted by atomic mass is 16.2. The Hall–Kier alpha value is -2.62. The lowest BCUT2D eigenvalue weighted by molar-refractivity contribution is -0.129. The molecule has 2 aromatic rings. The Balaban J connectivity index is 1.49. The topological polar surface area (TPSA) is 49.4 Å². The van der Waals surface area contributed by atoms with Gasteiger partial charge in [0.15, 0.2) is 0 Å². The summed E-state index contributed by atoms with van der Waals surface area (Å²) in [6, 6.07) is 17.8. The third-order valence-electron chi connectivity index (χ3n) is 5.64. The van der Waals surface area contributed by atoms with E-state index < -0.39 is 0 Å². The maximum absolute atomic E-state index is 12.7. The zero-order valence-corrected chi connectivity index (χ0v) is 16.2. The molecule has 2 aromatic carbocycles. The number of benzene rings is 2. The van der Waals surface area contributed by atoms with E-state index in [2.05, 4.69) is 18.3 Å². The smallest absolute Gasteiger partial charge is 0.229 e. The van der Waals surface area contributed by atoms with Gasteiger partial charge in [-0.2, -0.15) is 0 Å². The molecule has 4 nitrogen and oxygen atoms in total. The van der Waals surface area contributed by atoms with Crippen LogP contribution in [-0.4, -0.2) is 18.9 Å². The number of amides is 2. The van der Waals surface area contributed by atoms with E-state index in [9.17, 15) is 9.59 Å². The van der Waals surface area contributed by atoms with Gasteiger partial charge in [0.05, 0.1) is 0 Å². The van der Waals surface area contributed by atoms with Crippen molar-refractivity contribution in [1.29, 1.82) is 0 Å². The molecule has 27 heavy (non-hydrogen) atoms. The van der Waals surface area contributed by atoms with Crippen molar-refractivity contribution in [1.82, 2.24) is 5.32 Å². The molecule has 1 aliphatic rings. The van der Waals surface area contributed by atoms with Crippen LogP contribution < -0.4 is 10.2 Å². The van der Waals surface area contributed by atoms with E-state index in [1.165, 1.54) is 5.56 Å². The molecule has 1 N–H and O–H groups in total. The van der Waals surface area contributed by atoms with Crippen LogP contribution in [0.5, 0.6) is 0 Å². The summed E-state index contributed by atoms with van der Waals surface area (Å²) in [5.41, 5.74) is 3.26. The number of nitrogens with zero attached hydrogens (tertiary/aromatic N) is 1. The molecule has 0 aliphatic heterocycles. The molecule has 1 aliphatic carbocycles. The first kappa shape index (κ1) is 19.2. The highest BCUT2D eigenvalue weighted by molar-refractivity contribution is 5.94. The predicted octanol–water partition coefficient (Wildman–Crippen LogP) is 4.08. The number of anilines is 1. The molecule has 4 heteroatoms. The third-order valence-corrected chi connectivity index (χ3v) is 5.64. The first-order valence-electron chi connectivity index (χ1n) is 9.71. The van der Waals surface area contributed by atoms with Gasteiger partial charge in [0.25, 0.3) is 0 Å². The minimum absolute atomic E-state index is 0.00984. The Bertz CT molecular complexity index is 780. The third kappa shape index (κ3) is 4.76. The SMILES string of the molecule is Cc1ccccc1CNC(=O)C1CCC(C(=O)N(C)c2ccccc2)CC1. The molecule has 2 amide bonds. The number of aryl methyl sites for hydroxylation is 1. The van der Waals surface area contributed by atoms with Crippen molar-refractivity contribution in [2.24, 2.45) is 11.8 Å². The van der Waals surface area contributed by atoms with Crippen LogP contribution in [0.2, 0.25) is 0 Å². The molecule has 1 fully saturated rings. The van der Waals surface area contributed by atoms with E-state index in [-0.39, 0.29) is 23.7 Å². The van der Waals surface area contributed by atoms with Gasteiger partial charge in [-0.05, 0) is 55.9 Å². The second kappa shape index (κ2) is 8.85. The minimum Gasteiger partial charge on any atom is -0.352 e. The Labute approximate surface area is 161 Å². The lowest BCUT2D eigenvalue weighted by Crippen LogP contribution is -2.38. The van der Waals surface area contributed by atoms with Crippen molar-refractivity contribution < 1.29 is 9.59 Å². The van der Waals surface area contributed by atoms with Crippen LogP contribution >= 0.6 is 0 Å². The van der Waals surface area contributed by atoms with Crippen LogP contribution in [0.4, 0.5) is 5.69 Å². The molecule has 0 spiro atoms. The van der Waals surface area contributed by atoms with Gasteiger partial charge in [-0.25, -0.2) is 0 Å². The van der Waals surface area contributed by atoms with Gasteiger partial charge in [-0.15, -0.1) is 0 Å². The summed E-state index contributed by atoms with van der Waals surface area (Å²) < 4.78 is 0. The molecule has 0 bridgehead atoms. The Morgan fingerprint density at radius 2 is 1.52 bits per heavy atom. The number of hydrogen-bond acceptors (Lipinski definition) is 2. The summed E-state index contributed by atoms with van der Waals surface area (Å²) in [6.07, 6.45) is 3.11. The molecule has 1 saturated carbocycles. The van der Waals surface area contributed by atoms with E-state index in [1.54, 1.807) is 4.90 Å². The van der Waals surface area contributed by atoms with Gasteiger partial charge in [-0.3, -0.25) is 9.59 Å². The average molecular weight is 364 g/mol. The fourth-order valence-electron chi connectivity index (χ4n) is 3.79. The first-order valence-corrected chi connectivity index (χ1v) is 9.71. The van der Waals surface area contributed by atoms with Crippen molar-refractivity contribution >= 4 is 17.5 Å². The standard InChI is InChI=1S/C23H28N2O2/c1-17-8-6-7-9-20(17)16-24-22(26)18-12-14-19(15-13-18)23(27)25(2)21-10-4-3-5-11-21/h3-11,18-19H,12-16H2,1-2H3,(H,24,26). The van der Waals surface area contributed by atoms with Crippen LogP contribution in [0, 0.1) is 18.8 Å². The molecule has 0 atom stereocenters. The highest BCUT2D eigenvalue weighted by Gasteiger charge is 2.31. The first-order chi connectivity index (χ1) is 13.1. The van der Waals surface area contributed by atoms with E-state index >= 15 is 0 Å². The van der Waals surface area contributed by atoms with Crippen LogP contribution in [-0.2, 0) is 16.1 Å². The maximum atomic E-state index is 12.7. The number of carbonyl (C=O) groups is 2. The van der Waals surface area contributed by atoms with Gasteiger partial charge in [0.2, 0.25) is 11.8 Å². The summed E-state index contributed by atoms with van der Waals surface area (Å²) in [4.78, 5) is 27.0. The summed E-state index contributed by atoms with van der Waals surface area (Å²) in [5.74, 6) is 0.288. The van der Waals surface area contributed by atoms with Crippen molar-refractivity contribution in [3.63, 3.8) is 0 Å². The summed E-state index contributed by atoms with van der Waals surface area (Å²) in [7, 11) is 1.83. The van der Waals surface area contributed by atoms with Gasteiger partial charge >= 0.3 is 0 Å². The van der Waals surface area contributed by atoms with Gasteiger partial charge < -0.3 is 10.2 Å². The predicted molar refractivity (Wildman–Crippen MR) is 108 cm³/mol. The van der Waals surface area contributed by atoms with Crippen molar-refractivity contribution in [2.45, 2.75) is 39.2 Å². The maximum Gasteiger partial charge on any atom is 0.229 e. The Morgan fingerprint density at radius 3 is 2.19 bits per heavy atom. The lowest BCUT2D eigenvalue weighted by atomic mass is 9.81. The number of nitrogens with one attached hydrogen (secondary N) is 1. The largest absolute Gasteiger partial charge is 0.352 e. The second-order valence-corrected chi connectivity index (χ2v) is 7.43. The molecular formula is C23H28N2O2. The second-order valence-electron chi connectivity index (χ2n) is 7.43. The van der Waals surface area contributed by atoms with Crippen molar-refractivity contribution in [3.05, 3.63) is 65.7 Å². The van der Waals surface area contributed by atoms with E-state index in [1.807, 2.05) is 55.6 Å². The molecular weight excluding hydrogens is 336 g/mol. The number of hydrogen-bond donors (Lipinski definition) is 1. The molecule has 0 heterocycles. The quantitative estimate of drug-likeness (QED) is 0.869. The van der Waals surface area contributed by atoms with E-state index in [0.717, 1.165) is 36.9 Å². The Kier molecular flexibility index (Phi) is 6.28. The number of carbonyl (C=O) groups excluding carboxylic acids is 2. The van der Waals surface area contributed by atoms with Gasteiger partial charge in [0, 0.05) is 31.1 Å². The highest BCUT2D eigenvalue weighted by Crippen LogP contribution is 2.31. The van der Waals surface area contributed by atoms with Crippen molar-refractivity contribution in [3.8, 4) is 0 Å². The monoisotopic (exact) mass is 364 g/mol. The average Bonchev–Trinajstić information content (AvgIpc) is 2.72. The molecule has 0 unspecified atom stereocenters. The zero-order valence-electron chi connectivity index (χ0n) is 16.2. The van der Waals surface area contributed by atoms with Gasteiger partial charge in [0.1, 0.15) is 0 Å². The Morgan fingerprint density at radius 1 is 0.926 bits per heavy atom. The van der Waals surface area contributed by atoms with E-state index in [4.69, 9.17) is 0 Å². The fourth-order valence-corrected chi connectivity index (χ4v) is 3.79. The molecule has 3 rings (SSSR count). The normalized spacial score (nSPS) is 19.3. The van der Waals surface area contributed by atoms with Crippen LogP contribution in [0.3, 0.4) is 0 Å². The molecule has 0 aromatic heterocycles. The van der Waals surface area contributed by atoms with Crippen molar-refractivity contribution in [2.75, 3.05) is 11.9 Å². The van der Waals surface area contributed by atoms with Crippen LogP contribution in [0.15, 0.2) is 54.6 Å². The number of para-hydroxylation sites is 1. The molecule has 0 radical (unpaired) electrons. The fraction of sp³-hybridized carbons (Fsp3) is 0.391. The van der Waals surface area contributed by atoms with E-state index in [0.29, 0.717) is 6.54 Å². The summed E-state index contributed by atoms with van der Waals surface area (Å²) >= 11 is 0. The zero-order chi connectivity index (χ0) is 19.2. The van der Waals surface area contributed by atoms with Crippen LogP contribution in [0.1, 0.15) is 36.8 Å². The summed E-state index contributed by atoms with van der Waals surface area (Å²) in [6.45, 7) is 2.63. The minimum atomic E-state index is 0.00984. The summed E-state index contributed by atoms with van der Waals surface area (Å²) in [5, 5.41) is 3.07. The number of rotatable bonds is 5.